The summed E-state index contributed by atoms with van der Waals surface area (Å²) in [6.07, 6.45) is 1.44. The summed E-state index contributed by atoms with van der Waals surface area (Å²) in [5, 5.41) is 10.2. The van der Waals surface area contributed by atoms with Gasteiger partial charge in [-0.15, -0.1) is 0 Å². The van der Waals surface area contributed by atoms with Crippen molar-refractivity contribution in [2.24, 2.45) is 11.8 Å². The van der Waals surface area contributed by atoms with Crippen LogP contribution in [0.1, 0.15) is 6.92 Å². The number of nitrogens with zero attached hydrogens (tertiary/aromatic N) is 3. The van der Waals surface area contributed by atoms with Crippen LogP contribution >= 0.6 is 0 Å². The van der Waals surface area contributed by atoms with Crippen molar-refractivity contribution in [3.8, 4) is 5.75 Å². The van der Waals surface area contributed by atoms with Gasteiger partial charge in [-0.25, -0.2) is 14.4 Å². The predicted molar refractivity (Wildman–Crippen MR) is 78.0 cm³/mol. The maximum absolute atomic E-state index is 13.8. The fraction of sp³-hybridized carbons (Fsp3) is 0.467. The molecule has 2 heterocycles. The molecule has 0 spiro atoms. The van der Waals surface area contributed by atoms with Gasteiger partial charge in [0.15, 0.2) is 11.6 Å². The Morgan fingerprint density at radius 3 is 2.86 bits per heavy atom. The third-order valence-electron chi connectivity index (χ3n) is 4.19. The fourth-order valence-electron chi connectivity index (χ4n) is 2.90. The average molecular weight is 291 g/mol. The van der Waals surface area contributed by atoms with Gasteiger partial charge in [-0.2, -0.15) is 0 Å². The zero-order valence-electron chi connectivity index (χ0n) is 12.1. The number of aliphatic hydroxyl groups excluding tert-OH is 1. The highest BCUT2D eigenvalue weighted by atomic mass is 19.1. The second-order valence-corrected chi connectivity index (χ2v) is 5.53. The number of methoxy groups -OCH3 is 1. The second kappa shape index (κ2) is 5.44. The van der Waals surface area contributed by atoms with E-state index in [1.807, 2.05) is 0 Å². The van der Waals surface area contributed by atoms with Crippen molar-refractivity contribution in [2.75, 3.05) is 31.7 Å². The van der Waals surface area contributed by atoms with E-state index in [1.165, 1.54) is 19.5 Å². The molecule has 1 aliphatic heterocycles. The number of hydrogen-bond donors (Lipinski definition) is 1. The molecule has 1 fully saturated rings. The van der Waals surface area contributed by atoms with Gasteiger partial charge in [0.1, 0.15) is 12.1 Å². The van der Waals surface area contributed by atoms with Crippen LogP contribution in [-0.4, -0.2) is 41.9 Å². The number of fused-ring (bicyclic) bond motifs is 1. The van der Waals surface area contributed by atoms with Crippen LogP contribution in [0.5, 0.6) is 5.75 Å². The molecule has 0 saturated carbocycles. The van der Waals surface area contributed by atoms with Gasteiger partial charge in [0.2, 0.25) is 0 Å². The third-order valence-corrected chi connectivity index (χ3v) is 4.19. The van der Waals surface area contributed by atoms with Crippen molar-refractivity contribution in [2.45, 2.75) is 6.92 Å². The molecular weight excluding hydrogens is 273 g/mol. The van der Waals surface area contributed by atoms with Crippen LogP contribution in [0.4, 0.5) is 10.2 Å². The number of aromatic nitrogens is 2. The number of benzene rings is 1. The van der Waals surface area contributed by atoms with E-state index in [0.717, 1.165) is 24.3 Å². The molecule has 0 bridgehead atoms. The van der Waals surface area contributed by atoms with E-state index in [0.29, 0.717) is 11.4 Å². The number of rotatable bonds is 3. The lowest BCUT2D eigenvalue weighted by molar-refractivity contribution is 0.212. The minimum absolute atomic E-state index is 0.165. The van der Waals surface area contributed by atoms with Gasteiger partial charge in [-0.1, -0.05) is 6.92 Å². The normalized spacial score (nSPS) is 22.0. The Kier molecular flexibility index (Phi) is 3.63. The lowest BCUT2D eigenvalue weighted by Crippen LogP contribution is -2.22. The van der Waals surface area contributed by atoms with Crippen molar-refractivity contribution < 1.29 is 14.2 Å². The quantitative estimate of drug-likeness (QED) is 0.935. The maximum Gasteiger partial charge on any atom is 0.167 e. The standard InChI is InChI=1S/C15H18FN3O2/c1-9-5-19(6-10(9)7-20)15-11-3-14(21-2)12(16)4-13(11)17-8-18-15/h3-4,8-10,20H,5-7H2,1-2H3/t9-,10+/m1/s1. The van der Waals surface area contributed by atoms with E-state index in [-0.39, 0.29) is 18.3 Å². The van der Waals surface area contributed by atoms with Crippen molar-refractivity contribution in [3.05, 3.63) is 24.3 Å². The summed E-state index contributed by atoms with van der Waals surface area (Å²) in [5.41, 5.74) is 0.554. The van der Waals surface area contributed by atoms with Crippen molar-refractivity contribution in [1.29, 1.82) is 0 Å². The van der Waals surface area contributed by atoms with Gasteiger partial charge in [0.05, 0.1) is 12.6 Å². The molecule has 6 heteroatoms. The van der Waals surface area contributed by atoms with Crippen LogP contribution in [0.25, 0.3) is 10.9 Å². The van der Waals surface area contributed by atoms with Gasteiger partial charge in [0, 0.05) is 37.1 Å². The number of halogens is 1. The Morgan fingerprint density at radius 1 is 1.38 bits per heavy atom. The fourth-order valence-corrected chi connectivity index (χ4v) is 2.90. The van der Waals surface area contributed by atoms with Gasteiger partial charge < -0.3 is 14.7 Å². The van der Waals surface area contributed by atoms with Crippen molar-refractivity contribution in [3.63, 3.8) is 0 Å². The van der Waals surface area contributed by atoms with E-state index in [2.05, 4.69) is 21.8 Å². The molecule has 0 radical (unpaired) electrons. The molecule has 0 aliphatic carbocycles. The molecular formula is C15H18FN3O2. The Balaban J connectivity index is 2.07. The SMILES string of the molecule is COc1cc2c(N3C[C@@H](CO)[C@H](C)C3)ncnc2cc1F. The molecule has 21 heavy (non-hydrogen) atoms. The Labute approximate surface area is 122 Å². The smallest absolute Gasteiger partial charge is 0.167 e. The lowest BCUT2D eigenvalue weighted by Gasteiger charge is -2.19. The molecule has 1 aromatic heterocycles. The largest absolute Gasteiger partial charge is 0.494 e. The third kappa shape index (κ3) is 2.40. The van der Waals surface area contributed by atoms with Crippen LogP contribution in [0.15, 0.2) is 18.5 Å². The average Bonchev–Trinajstić information content (AvgIpc) is 2.86. The van der Waals surface area contributed by atoms with E-state index in [9.17, 15) is 9.50 Å². The monoisotopic (exact) mass is 291 g/mol. The maximum atomic E-state index is 13.8. The highest BCUT2D eigenvalue weighted by molar-refractivity contribution is 5.90. The van der Waals surface area contributed by atoms with Crippen LogP contribution in [0.3, 0.4) is 0 Å². The molecule has 112 valence electrons. The van der Waals surface area contributed by atoms with Gasteiger partial charge in [-0.3, -0.25) is 0 Å². The summed E-state index contributed by atoms with van der Waals surface area (Å²) < 4.78 is 18.8. The molecule has 5 nitrogen and oxygen atoms in total. The molecule has 2 atom stereocenters. The van der Waals surface area contributed by atoms with Crippen molar-refractivity contribution >= 4 is 16.7 Å². The van der Waals surface area contributed by atoms with Crippen LogP contribution in [0, 0.1) is 17.7 Å². The summed E-state index contributed by atoms with van der Waals surface area (Å²) in [5.74, 6) is 1.14. The molecule has 1 N–H and O–H groups in total. The van der Waals surface area contributed by atoms with E-state index >= 15 is 0 Å². The molecule has 1 saturated heterocycles. The van der Waals surface area contributed by atoms with Crippen LogP contribution < -0.4 is 9.64 Å². The molecule has 1 aliphatic rings. The zero-order chi connectivity index (χ0) is 15.0. The van der Waals surface area contributed by atoms with Crippen LogP contribution in [-0.2, 0) is 0 Å². The Hall–Kier alpha value is -1.95. The first kappa shape index (κ1) is 14.0. The van der Waals surface area contributed by atoms with E-state index < -0.39 is 5.82 Å². The number of hydrogen-bond acceptors (Lipinski definition) is 5. The Bertz CT molecular complexity index is 665. The van der Waals surface area contributed by atoms with Gasteiger partial charge >= 0.3 is 0 Å². The summed E-state index contributed by atoms with van der Waals surface area (Å²) in [6.45, 7) is 3.84. The van der Waals surface area contributed by atoms with Crippen molar-refractivity contribution in [1.82, 2.24) is 9.97 Å². The topological polar surface area (TPSA) is 58.5 Å². The molecule has 3 rings (SSSR count). The Morgan fingerprint density at radius 2 is 2.19 bits per heavy atom. The minimum Gasteiger partial charge on any atom is -0.494 e. The summed E-state index contributed by atoms with van der Waals surface area (Å²) >= 11 is 0. The summed E-state index contributed by atoms with van der Waals surface area (Å²) in [7, 11) is 1.44. The molecule has 0 amide bonds. The number of aliphatic hydroxyl groups is 1. The van der Waals surface area contributed by atoms with Gasteiger partial charge in [-0.05, 0) is 12.0 Å². The highest BCUT2D eigenvalue weighted by Crippen LogP contribution is 2.33. The molecule has 0 unspecified atom stereocenters. The summed E-state index contributed by atoms with van der Waals surface area (Å²) in [4.78, 5) is 10.6. The number of anilines is 1. The predicted octanol–water partition coefficient (Wildman–Crippen LogP) is 1.84. The first-order chi connectivity index (χ1) is 10.1. The highest BCUT2D eigenvalue weighted by Gasteiger charge is 2.30. The minimum atomic E-state index is -0.433. The number of ether oxygens (including phenoxy) is 1. The molecule has 1 aromatic carbocycles. The molecule has 2 aromatic rings. The summed E-state index contributed by atoms with van der Waals surface area (Å²) in [6, 6.07) is 3.00. The van der Waals surface area contributed by atoms with E-state index in [1.54, 1.807) is 6.07 Å². The second-order valence-electron chi connectivity index (χ2n) is 5.53. The van der Waals surface area contributed by atoms with E-state index in [4.69, 9.17) is 4.74 Å². The lowest BCUT2D eigenvalue weighted by atomic mass is 10.00. The first-order valence-electron chi connectivity index (χ1n) is 6.98. The van der Waals surface area contributed by atoms with Gasteiger partial charge in [0.25, 0.3) is 0 Å². The first-order valence-corrected chi connectivity index (χ1v) is 6.98. The zero-order valence-corrected chi connectivity index (χ0v) is 12.1. The van der Waals surface area contributed by atoms with Crippen LogP contribution in [0.2, 0.25) is 0 Å².